The average molecular weight is 324 g/mol. The van der Waals surface area contributed by atoms with Crippen molar-refractivity contribution in [3.63, 3.8) is 0 Å². The first-order valence-corrected chi connectivity index (χ1v) is 8.05. The summed E-state index contributed by atoms with van der Waals surface area (Å²) in [7, 11) is 1.73. The van der Waals surface area contributed by atoms with Crippen LogP contribution in [0.25, 0.3) is 0 Å². The molecule has 0 bridgehead atoms. The van der Waals surface area contributed by atoms with Crippen molar-refractivity contribution in [2.24, 2.45) is 5.92 Å². The van der Waals surface area contributed by atoms with Crippen molar-refractivity contribution in [3.05, 3.63) is 30.1 Å². The lowest BCUT2D eigenvalue weighted by Crippen LogP contribution is -2.44. The third kappa shape index (κ3) is 5.39. The van der Waals surface area contributed by atoms with Gasteiger partial charge in [0.1, 0.15) is 17.7 Å². The number of carbonyl (C=O) groups is 1. The highest BCUT2D eigenvalue weighted by atomic mass is 19.1. The molecule has 2 N–H and O–H groups in total. The zero-order chi connectivity index (χ0) is 16.8. The first kappa shape index (κ1) is 17.5. The summed E-state index contributed by atoms with van der Waals surface area (Å²) in [6.07, 6.45) is 2.27. The monoisotopic (exact) mass is 324 g/mol. The second-order valence-electron chi connectivity index (χ2n) is 6.21. The van der Waals surface area contributed by atoms with Crippen molar-refractivity contribution in [1.82, 2.24) is 10.2 Å². The topological polar surface area (TPSA) is 61.8 Å². The van der Waals surface area contributed by atoms with Crippen LogP contribution in [0.1, 0.15) is 26.2 Å². The molecule has 2 amide bonds. The number of carbonyl (C=O) groups excluding carboxylic acids is 1. The second-order valence-corrected chi connectivity index (χ2v) is 6.21. The maximum absolute atomic E-state index is 12.8. The minimum absolute atomic E-state index is 0.165. The number of halogens is 1. The minimum Gasteiger partial charge on any atom is -0.489 e. The number of rotatable bonds is 6. The van der Waals surface area contributed by atoms with E-state index in [0.29, 0.717) is 18.8 Å². The molecular formula is C17H25FN2O3. The van der Waals surface area contributed by atoms with Gasteiger partial charge in [-0.2, -0.15) is 0 Å². The molecule has 0 aliphatic heterocycles. The third-order valence-corrected chi connectivity index (χ3v) is 4.17. The van der Waals surface area contributed by atoms with E-state index in [1.54, 1.807) is 24.1 Å². The SMILES string of the molecule is CC(CNC(=O)N(C)CC1CCCC1O)Oc1ccc(F)cc1. The smallest absolute Gasteiger partial charge is 0.317 e. The number of amides is 2. The van der Waals surface area contributed by atoms with Crippen LogP contribution in [-0.4, -0.2) is 48.4 Å². The molecule has 1 aliphatic rings. The lowest BCUT2D eigenvalue weighted by molar-refractivity contribution is 0.113. The van der Waals surface area contributed by atoms with Crippen LogP contribution in [0.5, 0.6) is 5.75 Å². The summed E-state index contributed by atoms with van der Waals surface area (Å²) in [6, 6.07) is 5.60. The van der Waals surface area contributed by atoms with Gasteiger partial charge >= 0.3 is 6.03 Å². The number of nitrogens with zero attached hydrogens (tertiary/aromatic N) is 1. The molecule has 128 valence electrons. The largest absolute Gasteiger partial charge is 0.489 e. The van der Waals surface area contributed by atoms with Gasteiger partial charge in [-0.3, -0.25) is 0 Å². The Hall–Kier alpha value is -1.82. The van der Waals surface area contributed by atoms with Crippen LogP contribution in [0.15, 0.2) is 24.3 Å². The molecule has 2 rings (SSSR count). The highest BCUT2D eigenvalue weighted by Crippen LogP contribution is 2.25. The standard InChI is InChI=1S/C17H25FN2O3/c1-12(23-15-8-6-14(18)7-9-15)10-19-17(22)20(2)11-13-4-3-5-16(13)21/h6-9,12-13,16,21H,3-5,10-11H2,1-2H3,(H,19,22). The molecule has 1 fully saturated rings. The lowest BCUT2D eigenvalue weighted by Gasteiger charge is -2.24. The molecule has 0 spiro atoms. The van der Waals surface area contributed by atoms with Crippen LogP contribution in [0.2, 0.25) is 0 Å². The van der Waals surface area contributed by atoms with Crippen molar-refractivity contribution in [2.75, 3.05) is 20.1 Å². The van der Waals surface area contributed by atoms with Gasteiger partial charge in [-0.1, -0.05) is 6.42 Å². The van der Waals surface area contributed by atoms with Crippen LogP contribution in [0.4, 0.5) is 9.18 Å². The van der Waals surface area contributed by atoms with Crippen molar-refractivity contribution < 1.29 is 19.0 Å². The molecule has 23 heavy (non-hydrogen) atoms. The van der Waals surface area contributed by atoms with Gasteiger partial charge < -0.3 is 20.1 Å². The number of hydrogen-bond acceptors (Lipinski definition) is 3. The van der Waals surface area contributed by atoms with Crippen LogP contribution in [0.3, 0.4) is 0 Å². The van der Waals surface area contributed by atoms with E-state index in [1.807, 2.05) is 6.92 Å². The predicted octanol–water partition coefficient (Wildman–Crippen LogP) is 2.40. The molecule has 1 aromatic rings. The van der Waals surface area contributed by atoms with Gasteiger partial charge in [0, 0.05) is 19.5 Å². The van der Waals surface area contributed by atoms with Crippen molar-refractivity contribution in [1.29, 1.82) is 0 Å². The Kier molecular flexibility index (Phi) is 6.21. The summed E-state index contributed by atoms with van der Waals surface area (Å²) < 4.78 is 18.4. The molecule has 3 unspecified atom stereocenters. The number of hydrogen-bond donors (Lipinski definition) is 2. The minimum atomic E-state index is -0.311. The number of ether oxygens (including phenoxy) is 1. The number of urea groups is 1. The molecule has 1 aliphatic carbocycles. The van der Waals surface area contributed by atoms with E-state index >= 15 is 0 Å². The van der Waals surface area contributed by atoms with E-state index in [0.717, 1.165) is 19.3 Å². The van der Waals surface area contributed by atoms with Gasteiger partial charge in [-0.15, -0.1) is 0 Å². The Labute approximate surface area is 136 Å². The molecule has 0 radical (unpaired) electrons. The Morgan fingerprint density at radius 3 is 2.74 bits per heavy atom. The molecule has 5 nitrogen and oxygen atoms in total. The maximum atomic E-state index is 12.8. The zero-order valence-corrected chi connectivity index (χ0v) is 13.7. The van der Waals surface area contributed by atoms with Crippen molar-refractivity contribution >= 4 is 6.03 Å². The van der Waals surface area contributed by atoms with Crippen LogP contribution in [0, 0.1) is 11.7 Å². The summed E-state index contributed by atoms with van der Waals surface area (Å²) in [6.45, 7) is 2.75. The van der Waals surface area contributed by atoms with Crippen LogP contribution in [-0.2, 0) is 0 Å². The highest BCUT2D eigenvalue weighted by molar-refractivity contribution is 5.73. The van der Waals surface area contributed by atoms with Crippen molar-refractivity contribution in [2.45, 2.75) is 38.4 Å². The molecule has 0 saturated heterocycles. The molecule has 1 saturated carbocycles. The molecule has 0 heterocycles. The Balaban J connectivity index is 1.71. The van der Waals surface area contributed by atoms with Gasteiger partial charge in [0.15, 0.2) is 0 Å². The number of nitrogens with one attached hydrogen (secondary N) is 1. The normalized spacial score (nSPS) is 21.7. The van der Waals surface area contributed by atoms with Crippen molar-refractivity contribution in [3.8, 4) is 5.75 Å². The Morgan fingerprint density at radius 2 is 2.13 bits per heavy atom. The Bertz CT molecular complexity index is 509. The number of benzene rings is 1. The molecule has 3 atom stereocenters. The maximum Gasteiger partial charge on any atom is 0.317 e. The highest BCUT2D eigenvalue weighted by Gasteiger charge is 2.27. The fourth-order valence-electron chi connectivity index (χ4n) is 2.82. The predicted molar refractivity (Wildman–Crippen MR) is 85.9 cm³/mol. The first-order chi connectivity index (χ1) is 11.0. The second kappa shape index (κ2) is 8.15. The summed E-state index contributed by atoms with van der Waals surface area (Å²) in [5.41, 5.74) is 0. The van der Waals surface area contributed by atoms with Gasteiger partial charge in [0.05, 0.1) is 12.6 Å². The summed E-state index contributed by atoms with van der Waals surface area (Å²) >= 11 is 0. The quantitative estimate of drug-likeness (QED) is 0.845. The molecule has 0 aromatic heterocycles. The number of aliphatic hydroxyl groups excluding tert-OH is 1. The van der Waals surface area contributed by atoms with E-state index in [-0.39, 0.29) is 30.0 Å². The summed E-state index contributed by atoms with van der Waals surface area (Å²) in [5, 5.41) is 12.6. The van der Waals surface area contributed by atoms with Gasteiger partial charge in [0.2, 0.25) is 0 Å². The van der Waals surface area contributed by atoms with Gasteiger partial charge in [-0.05, 0) is 44.0 Å². The first-order valence-electron chi connectivity index (χ1n) is 8.05. The van der Waals surface area contributed by atoms with E-state index in [2.05, 4.69) is 5.32 Å². The average Bonchev–Trinajstić information content (AvgIpc) is 2.92. The fourth-order valence-corrected chi connectivity index (χ4v) is 2.82. The van der Waals surface area contributed by atoms with E-state index < -0.39 is 0 Å². The van der Waals surface area contributed by atoms with Gasteiger partial charge in [-0.25, -0.2) is 9.18 Å². The van der Waals surface area contributed by atoms with Gasteiger partial charge in [0.25, 0.3) is 0 Å². The molecule has 1 aromatic carbocycles. The van der Waals surface area contributed by atoms with Crippen LogP contribution < -0.4 is 10.1 Å². The summed E-state index contributed by atoms with van der Waals surface area (Å²) in [4.78, 5) is 13.7. The van der Waals surface area contributed by atoms with E-state index in [9.17, 15) is 14.3 Å². The van der Waals surface area contributed by atoms with E-state index in [4.69, 9.17) is 4.74 Å². The lowest BCUT2D eigenvalue weighted by atomic mass is 10.1. The summed E-state index contributed by atoms with van der Waals surface area (Å²) in [5.74, 6) is 0.420. The molecular weight excluding hydrogens is 299 g/mol. The van der Waals surface area contributed by atoms with E-state index in [1.165, 1.54) is 12.1 Å². The molecule has 6 heteroatoms. The van der Waals surface area contributed by atoms with Crippen LogP contribution >= 0.6 is 0 Å². The fraction of sp³-hybridized carbons (Fsp3) is 0.588. The third-order valence-electron chi connectivity index (χ3n) is 4.17. The zero-order valence-electron chi connectivity index (χ0n) is 13.7. The Morgan fingerprint density at radius 1 is 1.43 bits per heavy atom. The number of aliphatic hydroxyl groups is 1.